The Labute approximate surface area is 201 Å². The second-order valence-corrected chi connectivity index (χ2v) is 9.78. The van der Waals surface area contributed by atoms with Crippen molar-refractivity contribution in [1.29, 1.82) is 0 Å². The van der Waals surface area contributed by atoms with Gasteiger partial charge < -0.3 is 15.2 Å². The Morgan fingerprint density at radius 2 is 1.68 bits per heavy atom. The lowest BCUT2D eigenvalue weighted by molar-refractivity contribution is -0.717. The van der Waals surface area contributed by atoms with Gasteiger partial charge in [0.25, 0.3) is 5.72 Å². The van der Waals surface area contributed by atoms with E-state index < -0.39 is 17.7 Å². The van der Waals surface area contributed by atoms with Crippen LogP contribution in [0.15, 0.2) is 84.9 Å². The van der Waals surface area contributed by atoms with E-state index in [9.17, 15) is 9.90 Å². The molecule has 6 rings (SSSR count). The minimum Gasteiger partial charge on any atom is -0.477 e. The number of anilines is 2. The van der Waals surface area contributed by atoms with Crippen molar-refractivity contribution in [2.24, 2.45) is 5.92 Å². The first kappa shape index (κ1) is 20.7. The zero-order chi connectivity index (χ0) is 23.4. The lowest BCUT2D eigenvalue weighted by Gasteiger charge is -2.48. The number of hydrogen-bond acceptors (Lipinski definition) is 5. The van der Waals surface area contributed by atoms with Gasteiger partial charge in [0.1, 0.15) is 10.6 Å². The highest BCUT2D eigenvalue weighted by atomic mass is 32.1. The van der Waals surface area contributed by atoms with Gasteiger partial charge in [-0.2, -0.15) is 4.57 Å². The molecule has 170 valence electrons. The van der Waals surface area contributed by atoms with Crippen LogP contribution in [0.2, 0.25) is 0 Å². The molecule has 0 spiro atoms. The number of fused-ring (bicyclic) bond motifs is 6. The Balaban J connectivity index is 1.56. The van der Waals surface area contributed by atoms with E-state index in [4.69, 9.17) is 4.74 Å². The number of thiazole rings is 1. The molecular weight excluding hydrogens is 446 g/mol. The maximum absolute atomic E-state index is 13.8. The van der Waals surface area contributed by atoms with Crippen LogP contribution in [-0.4, -0.2) is 23.8 Å². The van der Waals surface area contributed by atoms with Gasteiger partial charge in [0.2, 0.25) is 5.91 Å². The zero-order valence-electron chi connectivity index (χ0n) is 18.8. The highest BCUT2D eigenvalue weighted by Crippen LogP contribution is 2.53. The van der Waals surface area contributed by atoms with E-state index in [0.29, 0.717) is 0 Å². The molecule has 1 aromatic heterocycles. The molecule has 34 heavy (non-hydrogen) atoms. The summed E-state index contributed by atoms with van der Waals surface area (Å²) in [5.41, 5.74) is 1.57. The van der Waals surface area contributed by atoms with Crippen LogP contribution in [0.25, 0.3) is 10.4 Å². The maximum Gasteiger partial charge on any atom is 0.343 e. The summed E-state index contributed by atoms with van der Waals surface area (Å²) in [6.07, 6.45) is 0. The van der Waals surface area contributed by atoms with Crippen LogP contribution < -0.4 is 19.5 Å². The highest BCUT2D eigenvalue weighted by molar-refractivity contribution is 7.18. The third-order valence-electron chi connectivity index (χ3n) is 6.87. The molecule has 0 radical (unpaired) electrons. The molecule has 2 bridgehead atoms. The summed E-state index contributed by atoms with van der Waals surface area (Å²) in [5.74, 6) is 0.0919. The van der Waals surface area contributed by atoms with Gasteiger partial charge in [0.15, 0.2) is 12.0 Å². The number of amides is 1. The predicted octanol–water partition coefficient (Wildman–Crippen LogP) is 4.81. The maximum atomic E-state index is 13.8. The van der Waals surface area contributed by atoms with Gasteiger partial charge in [-0.3, -0.25) is 4.79 Å². The molecule has 0 saturated carbocycles. The first-order chi connectivity index (χ1) is 16.5. The van der Waals surface area contributed by atoms with Crippen LogP contribution >= 0.6 is 11.3 Å². The molecule has 4 aromatic rings. The lowest BCUT2D eigenvalue weighted by Crippen LogP contribution is -2.71. The molecule has 3 atom stereocenters. The number of aromatic nitrogens is 1. The van der Waals surface area contributed by atoms with Crippen LogP contribution in [0.5, 0.6) is 11.6 Å². The van der Waals surface area contributed by atoms with E-state index in [2.05, 4.69) is 5.32 Å². The van der Waals surface area contributed by atoms with Crippen molar-refractivity contribution in [1.82, 2.24) is 0 Å². The minimum atomic E-state index is -0.955. The van der Waals surface area contributed by atoms with Crippen LogP contribution in [-0.2, 0) is 4.79 Å². The molecule has 1 amide bonds. The van der Waals surface area contributed by atoms with Gasteiger partial charge in [-0.1, -0.05) is 66.7 Å². The Morgan fingerprint density at radius 1 is 1.03 bits per heavy atom. The van der Waals surface area contributed by atoms with Gasteiger partial charge in [-0.15, -0.1) is 0 Å². The molecular formula is C27H24N3O3S+. The Kier molecular flexibility index (Phi) is 4.64. The number of carbonyl (C=O) groups excluding carboxylic acids is 1. The van der Waals surface area contributed by atoms with Gasteiger partial charge in [-0.05, 0) is 35.1 Å². The molecule has 3 aromatic carbocycles. The van der Waals surface area contributed by atoms with E-state index in [0.717, 1.165) is 32.6 Å². The molecule has 2 N–H and O–H groups in total. The van der Waals surface area contributed by atoms with Crippen LogP contribution in [0.1, 0.15) is 18.5 Å². The quantitative estimate of drug-likeness (QED) is 0.422. The monoisotopic (exact) mass is 470 g/mol. The van der Waals surface area contributed by atoms with Crippen LogP contribution in [0.3, 0.4) is 0 Å². The molecule has 0 aliphatic carbocycles. The number of benzene rings is 3. The largest absolute Gasteiger partial charge is 0.477 e. The molecule has 6 nitrogen and oxygen atoms in total. The second kappa shape index (κ2) is 7.60. The number of nitrogens with zero attached hydrogens (tertiary/aromatic N) is 2. The fraction of sp³-hybridized carbons (Fsp3) is 0.185. The van der Waals surface area contributed by atoms with E-state index in [-0.39, 0.29) is 11.8 Å². The first-order valence-corrected chi connectivity index (χ1v) is 12.0. The normalized spacial score (nSPS) is 22.4. The standard InChI is InChI=1S/C27H23N3O3S/c1-27-21(24(31)28-18-13-7-4-8-14-18)22(19-15-9-10-16-20(19)33-27)30-25(32)23(34-26(30)29(27)2)17-11-5-3-6-12-17/h3-16,21-22H,1-2H3,(H-,28,31,32)/p+1. The summed E-state index contributed by atoms with van der Waals surface area (Å²) in [7, 11) is 1.92. The SMILES string of the molecule is CN1c2sc(-c3ccccc3)c(O)[n+]2C2c3ccccc3OC1(C)C2C(=O)Nc1ccccc1. The van der Waals surface area contributed by atoms with Gasteiger partial charge in [-0.25, -0.2) is 4.90 Å². The Morgan fingerprint density at radius 3 is 2.41 bits per heavy atom. The van der Waals surface area contributed by atoms with Crippen molar-refractivity contribution in [2.45, 2.75) is 18.7 Å². The lowest BCUT2D eigenvalue weighted by atomic mass is 9.79. The van der Waals surface area contributed by atoms with E-state index in [1.165, 1.54) is 11.3 Å². The summed E-state index contributed by atoms with van der Waals surface area (Å²) in [5, 5.41) is 15.4. The highest BCUT2D eigenvalue weighted by Gasteiger charge is 2.65. The number of carbonyl (C=O) groups is 1. The third kappa shape index (κ3) is 2.93. The number of aromatic hydroxyl groups is 1. The number of nitrogens with one attached hydrogen (secondary N) is 1. The minimum absolute atomic E-state index is 0.152. The zero-order valence-corrected chi connectivity index (χ0v) is 19.6. The second-order valence-electron chi connectivity index (χ2n) is 8.80. The molecule has 2 aliphatic rings. The molecule has 0 saturated heterocycles. The number of ether oxygens (including phenoxy) is 1. The summed E-state index contributed by atoms with van der Waals surface area (Å²) < 4.78 is 8.46. The van der Waals surface area contributed by atoms with Gasteiger partial charge in [0.05, 0.1) is 7.05 Å². The molecule has 7 heteroatoms. The summed E-state index contributed by atoms with van der Waals surface area (Å²) in [6, 6.07) is 26.6. The van der Waals surface area contributed by atoms with Crippen molar-refractivity contribution < 1.29 is 19.2 Å². The summed E-state index contributed by atoms with van der Waals surface area (Å²) in [6.45, 7) is 1.95. The number of para-hydroxylation sites is 2. The number of rotatable bonds is 3. The molecule has 2 aliphatic heterocycles. The topological polar surface area (TPSA) is 65.7 Å². The van der Waals surface area contributed by atoms with E-state index in [1.807, 2.05) is 108 Å². The van der Waals surface area contributed by atoms with Gasteiger partial charge >= 0.3 is 11.0 Å². The van der Waals surface area contributed by atoms with Crippen LogP contribution in [0, 0.1) is 5.92 Å². The number of hydrogen-bond donors (Lipinski definition) is 2. The molecule has 0 fully saturated rings. The average Bonchev–Trinajstić information content (AvgIpc) is 3.20. The average molecular weight is 471 g/mol. The summed E-state index contributed by atoms with van der Waals surface area (Å²) in [4.78, 5) is 16.6. The van der Waals surface area contributed by atoms with E-state index in [1.54, 1.807) is 0 Å². The van der Waals surface area contributed by atoms with Gasteiger partial charge in [0, 0.05) is 18.2 Å². The fourth-order valence-electron chi connectivity index (χ4n) is 5.10. The summed E-state index contributed by atoms with van der Waals surface area (Å²) >= 11 is 1.50. The third-order valence-corrected chi connectivity index (χ3v) is 8.14. The van der Waals surface area contributed by atoms with Crippen molar-refractivity contribution in [3.8, 4) is 22.1 Å². The van der Waals surface area contributed by atoms with E-state index >= 15 is 0 Å². The Hall–Kier alpha value is -3.84. The Bertz CT molecular complexity index is 1390. The van der Waals surface area contributed by atoms with Crippen molar-refractivity contribution >= 4 is 28.1 Å². The molecule has 3 unspecified atom stereocenters. The fourth-order valence-corrected chi connectivity index (χ4v) is 6.35. The van der Waals surface area contributed by atoms with Crippen LogP contribution in [0.4, 0.5) is 10.8 Å². The van der Waals surface area contributed by atoms with Crippen molar-refractivity contribution in [3.63, 3.8) is 0 Å². The molecule has 3 heterocycles. The van der Waals surface area contributed by atoms with Crippen molar-refractivity contribution in [2.75, 3.05) is 17.3 Å². The smallest absolute Gasteiger partial charge is 0.343 e. The predicted molar refractivity (Wildman–Crippen MR) is 132 cm³/mol. The first-order valence-electron chi connectivity index (χ1n) is 11.2. The van der Waals surface area contributed by atoms with Crippen molar-refractivity contribution in [3.05, 3.63) is 90.5 Å².